The molecule has 5 heteroatoms. The molecule has 2 fully saturated rings. The van der Waals surface area contributed by atoms with Crippen molar-refractivity contribution in [3.05, 3.63) is 23.8 Å². The molecule has 0 bridgehead atoms. The van der Waals surface area contributed by atoms with Gasteiger partial charge in [-0.1, -0.05) is 6.07 Å². The average Bonchev–Trinajstić information content (AvgIpc) is 2.98. The van der Waals surface area contributed by atoms with Crippen molar-refractivity contribution in [2.75, 3.05) is 40.4 Å². The lowest BCUT2D eigenvalue weighted by Gasteiger charge is -2.32. The zero-order valence-electron chi connectivity index (χ0n) is 15.8. The summed E-state index contributed by atoms with van der Waals surface area (Å²) in [5, 5.41) is 3.49. The Labute approximate surface area is 150 Å². The first-order valence-electron chi connectivity index (χ1n) is 9.20. The number of carbonyl (C=O) groups excluding carboxylic acids is 1. The third-order valence-corrected chi connectivity index (χ3v) is 5.95. The molecule has 2 aliphatic heterocycles. The van der Waals surface area contributed by atoms with Gasteiger partial charge in [-0.25, -0.2) is 0 Å². The van der Waals surface area contributed by atoms with E-state index in [1.54, 1.807) is 14.2 Å². The fraction of sp³-hybridized carbons (Fsp3) is 0.650. The lowest BCUT2D eigenvalue weighted by atomic mass is 9.83. The summed E-state index contributed by atoms with van der Waals surface area (Å²) in [5.41, 5.74) is 0.373. The Morgan fingerprint density at radius 3 is 2.24 bits per heavy atom. The monoisotopic (exact) mass is 346 g/mol. The van der Waals surface area contributed by atoms with E-state index in [2.05, 4.69) is 10.2 Å². The lowest BCUT2D eigenvalue weighted by Crippen LogP contribution is -2.44. The molecule has 2 saturated heterocycles. The summed E-state index contributed by atoms with van der Waals surface area (Å²) in [6.07, 6.45) is 2.21. The smallest absolute Gasteiger partial charge is 0.232 e. The second-order valence-corrected chi connectivity index (χ2v) is 7.74. The molecule has 5 nitrogen and oxygen atoms in total. The molecule has 25 heavy (non-hydrogen) atoms. The minimum atomic E-state index is -0.586. The number of nitrogens with zero attached hydrogens (tertiary/aromatic N) is 1. The predicted octanol–water partition coefficient (Wildman–Crippen LogP) is 2.44. The highest BCUT2D eigenvalue weighted by molar-refractivity contribution is 5.87. The van der Waals surface area contributed by atoms with Crippen LogP contribution in [0.4, 0.5) is 0 Å². The van der Waals surface area contributed by atoms with E-state index in [9.17, 15) is 4.79 Å². The highest BCUT2D eigenvalue weighted by Gasteiger charge is 2.37. The molecule has 0 aliphatic carbocycles. The van der Waals surface area contributed by atoms with Crippen molar-refractivity contribution in [2.24, 2.45) is 11.8 Å². The van der Waals surface area contributed by atoms with Crippen LogP contribution in [0, 0.1) is 11.8 Å². The van der Waals surface area contributed by atoms with Crippen molar-refractivity contribution in [1.82, 2.24) is 10.2 Å². The first-order chi connectivity index (χ1) is 12.0. The van der Waals surface area contributed by atoms with Crippen LogP contribution in [-0.4, -0.2) is 51.2 Å². The van der Waals surface area contributed by atoms with Gasteiger partial charge in [0.15, 0.2) is 11.5 Å². The zero-order valence-corrected chi connectivity index (χ0v) is 15.8. The van der Waals surface area contributed by atoms with Crippen LogP contribution >= 0.6 is 0 Å². The van der Waals surface area contributed by atoms with E-state index < -0.39 is 5.41 Å². The van der Waals surface area contributed by atoms with Crippen LogP contribution in [0.15, 0.2) is 18.2 Å². The number of amides is 1. The molecule has 2 atom stereocenters. The van der Waals surface area contributed by atoms with Crippen molar-refractivity contribution in [3.8, 4) is 11.5 Å². The maximum atomic E-state index is 13.3. The van der Waals surface area contributed by atoms with E-state index in [-0.39, 0.29) is 5.91 Å². The SMILES string of the molecule is COc1ccc(C(C)(C)C(=O)N2CC[C@@H]3CNC[C@@H]3CC2)cc1OC. The summed E-state index contributed by atoms with van der Waals surface area (Å²) in [5.74, 6) is 3.00. The number of nitrogens with one attached hydrogen (secondary N) is 1. The van der Waals surface area contributed by atoms with Crippen molar-refractivity contribution in [3.63, 3.8) is 0 Å². The van der Waals surface area contributed by atoms with Gasteiger partial charge in [0.25, 0.3) is 0 Å². The molecule has 0 saturated carbocycles. The van der Waals surface area contributed by atoms with E-state index in [0.29, 0.717) is 11.5 Å². The number of ether oxygens (including phenoxy) is 2. The van der Waals surface area contributed by atoms with Gasteiger partial charge in [-0.2, -0.15) is 0 Å². The van der Waals surface area contributed by atoms with Crippen LogP contribution in [0.1, 0.15) is 32.3 Å². The summed E-state index contributed by atoms with van der Waals surface area (Å²) in [6, 6.07) is 5.77. The Morgan fingerprint density at radius 1 is 1.08 bits per heavy atom. The van der Waals surface area contributed by atoms with Crippen molar-refractivity contribution < 1.29 is 14.3 Å². The molecule has 1 amide bonds. The number of carbonyl (C=O) groups is 1. The van der Waals surface area contributed by atoms with Gasteiger partial charge in [0, 0.05) is 13.1 Å². The fourth-order valence-corrected chi connectivity index (χ4v) is 4.16. The fourth-order valence-electron chi connectivity index (χ4n) is 4.16. The average molecular weight is 346 g/mol. The van der Waals surface area contributed by atoms with Gasteiger partial charge in [-0.15, -0.1) is 0 Å². The highest BCUT2D eigenvalue weighted by Crippen LogP contribution is 2.35. The Balaban J connectivity index is 1.78. The van der Waals surface area contributed by atoms with Crippen LogP contribution in [-0.2, 0) is 10.2 Å². The topological polar surface area (TPSA) is 50.8 Å². The normalized spacial score (nSPS) is 23.8. The van der Waals surface area contributed by atoms with E-state index in [4.69, 9.17) is 9.47 Å². The largest absolute Gasteiger partial charge is 0.493 e. The van der Waals surface area contributed by atoms with Gasteiger partial charge < -0.3 is 19.7 Å². The van der Waals surface area contributed by atoms with Gasteiger partial charge in [0.1, 0.15) is 0 Å². The van der Waals surface area contributed by atoms with Crippen molar-refractivity contribution in [2.45, 2.75) is 32.1 Å². The first kappa shape index (κ1) is 18.1. The van der Waals surface area contributed by atoms with Gasteiger partial charge in [-0.05, 0) is 69.3 Å². The number of methoxy groups -OCH3 is 2. The van der Waals surface area contributed by atoms with Crippen LogP contribution in [0.2, 0.25) is 0 Å². The molecule has 0 radical (unpaired) electrons. The number of hydrogen-bond donors (Lipinski definition) is 1. The second-order valence-electron chi connectivity index (χ2n) is 7.74. The van der Waals surface area contributed by atoms with Gasteiger partial charge in [0.2, 0.25) is 5.91 Å². The van der Waals surface area contributed by atoms with Gasteiger partial charge in [-0.3, -0.25) is 4.79 Å². The number of likely N-dealkylation sites (tertiary alicyclic amines) is 1. The molecule has 138 valence electrons. The quantitative estimate of drug-likeness (QED) is 0.910. The maximum Gasteiger partial charge on any atom is 0.232 e. The molecule has 0 spiro atoms. The van der Waals surface area contributed by atoms with Crippen LogP contribution in [0.3, 0.4) is 0 Å². The summed E-state index contributed by atoms with van der Waals surface area (Å²) in [7, 11) is 3.24. The molecular weight excluding hydrogens is 316 g/mol. The van der Waals surface area contributed by atoms with E-state index in [1.165, 1.54) is 0 Å². The lowest BCUT2D eigenvalue weighted by molar-refractivity contribution is -0.136. The standard InChI is InChI=1S/C20H30N2O3/c1-20(2,16-5-6-17(24-3)18(11-16)25-4)19(23)22-9-7-14-12-21-13-15(14)8-10-22/h5-6,11,14-15,21H,7-10,12-13H2,1-4H3/t14-,15+. The van der Waals surface area contributed by atoms with Gasteiger partial charge >= 0.3 is 0 Å². The summed E-state index contributed by atoms with van der Waals surface area (Å²) < 4.78 is 10.7. The molecular formula is C20H30N2O3. The molecule has 0 unspecified atom stereocenters. The van der Waals surface area contributed by atoms with Crippen LogP contribution < -0.4 is 14.8 Å². The molecule has 1 aromatic rings. The van der Waals surface area contributed by atoms with E-state index in [0.717, 1.165) is 56.4 Å². The number of rotatable bonds is 4. The Hall–Kier alpha value is -1.75. The summed E-state index contributed by atoms with van der Waals surface area (Å²) >= 11 is 0. The van der Waals surface area contributed by atoms with Crippen LogP contribution in [0.5, 0.6) is 11.5 Å². The van der Waals surface area contributed by atoms with Crippen molar-refractivity contribution >= 4 is 5.91 Å². The predicted molar refractivity (Wildman–Crippen MR) is 98.2 cm³/mol. The minimum absolute atomic E-state index is 0.202. The molecule has 1 N–H and O–H groups in total. The first-order valence-corrected chi connectivity index (χ1v) is 9.20. The Kier molecular flexibility index (Phi) is 5.23. The molecule has 2 aliphatic rings. The number of benzene rings is 1. The molecule has 2 heterocycles. The molecule has 0 aromatic heterocycles. The van der Waals surface area contributed by atoms with Crippen molar-refractivity contribution in [1.29, 1.82) is 0 Å². The van der Waals surface area contributed by atoms with E-state index >= 15 is 0 Å². The van der Waals surface area contributed by atoms with E-state index in [1.807, 2.05) is 32.0 Å². The zero-order chi connectivity index (χ0) is 18.0. The third kappa shape index (κ3) is 3.47. The second kappa shape index (κ2) is 7.24. The third-order valence-electron chi connectivity index (χ3n) is 5.95. The minimum Gasteiger partial charge on any atom is -0.493 e. The Bertz CT molecular complexity index is 615. The number of hydrogen-bond acceptors (Lipinski definition) is 4. The maximum absolute atomic E-state index is 13.3. The number of fused-ring (bicyclic) bond motifs is 1. The highest BCUT2D eigenvalue weighted by atomic mass is 16.5. The molecule has 1 aromatic carbocycles. The van der Waals surface area contributed by atoms with Crippen LogP contribution in [0.25, 0.3) is 0 Å². The summed E-state index contributed by atoms with van der Waals surface area (Å²) in [6.45, 7) is 7.93. The Morgan fingerprint density at radius 2 is 1.68 bits per heavy atom. The summed E-state index contributed by atoms with van der Waals surface area (Å²) in [4.78, 5) is 15.3. The molecule has 3 rings (SSSR count). The van der Waals surface area contributed by atoms with Gasteiger partial charge in [0.05, 0.1) is 19.6 Å².